The zero-order valence-electron chi connectivity index (χ0n) is 17.7. The molecular formula is C30H28. The van der Waals surface area contributed by atoms with E-state index >= 15 is 0 Å². The minimum Gasteiger partial charge on any atom is -0.0622 e. The molecule has 0 heteroatoms. The molecule has 0 radical (unpaired) electrons. The van der Waals surface area contributed by atoms with Crippen molar-refractivity contribution in [2.75, 3.05) is 0 Å². The molecule has 0 amide bonds. The van der Waals surface area contributed by atoms with Crippen molar-refractivity contribution in [1.29, 1.82) is 0 Å². The molecule has 0 aliphatic carbocycles. The van der Waals surface area contributed by atoms with E-state index in [2.05, 4.69) is 123 Å². The van der Waals surface area contributed by atoms with Gasteiger partial charge in [0.2, 0.25) is 0 Å². The average molecular weight is 389 g/mol. The van der Waals surface area contributed by atoms with Gasteiger partial charge in [0.15, 0.2) is 0 Å². The van der Waals surface area contributed by atoms with Gasteiger partial charge in [-0.3, -0.25) is 0 Å². The first kappa shape index (κ1) is 21.1. The summed E-state index contributed by atoms with van der Waals surface area (Å²) < 4.78 is 0. The Balaban J connectivity index is 0.000000171. The first-order valence-electron chi connectivity index (χ1n) is 10.3. The van der Waals surface area contributed by atoms with E-state index in [9.17, 15) is 0 Å². The molecule has 0 fully saturated rings. The maximum Gasteiger partial charge on any atom is -0.0227 e. The number of hydrogen-bond donors (Lipinski definition) is 0. The van der Waals surface area contributed by atoms with E-state index in [0.717, 1.165) is 0 Å². The first-order chi connectivity index (χ1) is 14.7. The number of rotatable bonds is 4. The highest BCUT2D eigenvalue weighted by Crippen LogP contribution is 2.17. The van der Waals surface area contributed by atoms with Gasteiger partial charge in [0.1, 0.15) is 0 Å². The summed E-state index contributed by atoms with van der Waals surface area (Å²) in [5, 5.41) is 0. The normalized spacial score (nSPS) is 11.4. The Morgan fingerprint density at radius 1 is 0.400 bits per heavy atom. The summed E-state index contributed by atoms with van der Waals surface area (Å²) in [4.78, 5) is 0. The third-order valence-corrected chi connectivity index (χ3v) is 4.82. The highest BCUT2D eigenvalue weighted by molar-refractivity contribution is 5.80. The van der Waals surface area contributed by atoms with Gasteiger partial charge in [-0.15, -0.1) is 0 Å². The second-order valence-electron chi connectivity index (χ2n) is 7.21. The van der Waals surface area contributed by atoms with Crippen LogP contribution < -0.4 is 0 Å². The molecule has 148 valence electrons. The summed E-state index contributed by atoms with van der Waals surface area (Å²) >= 11 is 0. The molecule has 0 atom stereocenters. The second kappa shape index (κ2) is 11.4. The van der Waals surface area contributed by atoms with Crippen molar-refractivity contribution in [1.82, 2.24) is 0 Å². The van der Waals surface area contributed by atoms with Crippen LogP contribution in [-0.2, 0) is 0 Å². The molecule has 0 aliphatic heterocycles. The molecule has 4 aromatic rings. The van der Waals surface area contributed by atoms with Crippen LogP contribution in [0.3, 0.4) is 0 Å². The van der Waals surface area contributed by atoms with Gasteiger partial charge in [-0.2, -0.15) is 0 Å². The Morgan fingerprint density at radius 3 is 0.967 bits per heavy atom. The molecule has 0 unspecified atom stereocenters. The minimum atomic E-state index is 1.25. The van der Waals surface area contributed by atoms with E-state index in [1.165, 1.54) is 33.4 Å². The Labute approximate surface area is 180 Å². The van der Waals surface area contributed by atoms with Crippen LogP contribution in [0.25, 0.3) is 23.3 Å². The predicted octanol–water partition coefficient (Wildman–Crippen LogP) is 8.49. The van der Waals surface area contributed by atoms with Crippen LogP contribution in [0.15, 0.2) is 121 Å². The van der Waals surface area contributed by atoms with Crippen molar-refractivity contribution < 1.29 is 0 Å². The quantitative estimate of drug-likeness (QED) is 0.307. The van der Waals surface area contributed by atoms with Gasteiger partial charge >= 0.3 is 0 Å². The summed E-state index contributed by atoms with van der Waals surface area (Å²) in [6, 6.07) is 41.7. The molecule has 4 aromatic carbocycles. The summed E-state index contributed by atoms with van der Waals surface area (Å²) in [6.45, 7) is 4.28. The molecule has 0 saturated heterocycles. The number of allylic oxidation sites excluding steroid dienone is 2. The molecule has 0 spiro atoms. The molecule has 0 aliphatic rings. The van der Waals surface area contributed by atoms with Gasteiger partial charge in [-0.25, -0.2) is 0 Å². The maximum atomic E-state index is 2.20. The van der Waals surface area contributed by atoms with E-state index in [0.29, 0.717) is 0 Å². The van der Waals surface area contributed by atoms with Crippen LogP contribution >= 0.6 is 0 Å². The second-order valence-corrected chi connectivity index (χ2v) is 7.21. The smallest absolute Gasteiger partial charge is 0.0227 e. The Morgan fingerprint density at radius 2 is 0.667 bits per heavy atom. The monoisotopic (exact) mass is 388 g/mol. The lowest BCUT2D eigenvalue weighted by atomic mass is 10.0. The molecular weight excluding hydrogens is 360 g/mol. The molecule has 4 rings (SSSR count). The van der Waals surface area contributed by atoms with E-state index in [1.807, 2.05) is 24.3 Å². The van der Waals surface area contributed by atoms with Crippen LogP contribution in [0.2, 0.25) is 0 Å². The Bertz CT molecular complexity index is 967. The van der Waals surface area contributed by atoms with Crippen molar-refractivity contribution in [2.24, 2.45) is 0 Å². The largest absolute Gasteiger partial charge is 0.0622 e. The van der Waals surface area contributed by atoms with Crippen LogP contribution in [-0.4, -0.2) is 0 Å². The fraction of sp³-hybridized carbons (Fsp3) is 0.0667. The summed E-state index contributed by atoms with van der Waals surface area (Å²) in [5.41, 5.74) is 7.64. The molecule has 0 bridgehead atoms. The van der Waals surface area contributed by atoms with Crippen molar-refractivity contribution in [3.63, 3.8) is 0 Å². The van der Waals surface area contributed by atoms with Crippen molar-refractivity contribution in [2.45, 2.75) is 13.8 Å². The van der Waals surface area contributed by atoms with Gasteiger partial charge in [0.05, 0.1) is 0 Å². The summed E-state index contributed by atoms with van der Waals surface area (Å²) in [7, 11) is 0. The zero-order chi connectivity index (χ0) is 21.0. The van der Waals surface area contributed by atoms with E-state index < -0.39 is 0 Å². The van der Waals surface area contributed by atoms with Crippen LogP contribution in [0.1, 0.15) is 36.1 Å². The van der Waals surface area contributed by atoms with Gasteiger partial charge in [0, 0.05) is 0 Å². The zero-order valence-corrected chi connectivity index (χ0v) is 17.7. The molecule has 30 heavy (non-hydrogen) atoms. The van der Waals surface area contributed by atoms with E-state index in [1.54, 1.807) is 0 Å². The lowest BCUT2D eigenvalue weighted by Crippen LogP contribution is -1.78. The average Bonchev–Trinajstić information content (AvgIpc) is 2.82. The summed E-state index contributed by atoms with van der Waals surface area (Å²) in [5.74, 6) is 0. The molecule has 0 saturated carbocycles. The Hall–Kier alpha value is -3.64. The minimum absolute atomic E-state index is 1.25. The number of benzene rings is 4. The van der Waals surface area contributed by atoms with Gasteiger partial charge in [-0.05, 0) is 47.2 Å². The highest BCUT2D eigenvalue weighted by Gasteiger charge is 1.94. The molecule has 0 aromatic heterocycles. The van der Waals surface area contributed by atoms with Crippen molar-refractivity contribution >= 4 is 23.3 Å². The van der Waals surface area contributed by atoms with Crippen LogP contribution in [0.5, 0.6) is 0 Å². The first-order valence-corrected chi connectivity index (χ1v) is 10.3. The fourth-order valence-corrected chi connectivity index (χ4v) is 3.17. The van der Waals surface area contributed by atoms with Crippen molar-refractivity contribution in [3.8, 4) is 0 Å². The van der Waals surface area contributed by atoms with Crippen LogP contribution in [0, 0.1) is 0 Å². The third-order valence-electron chi connectivity index (χ3n) is 4.82. The van der Waals surface area contributed by atoms with Crippen LogP contribution in [0.4, 0.5) is 0 Å². The Kier molecular flexibility index (Phi) is 8.00. The predicted molar refractivity (Wildman–Crippen MR) is 133 cm³/mol. The third kappa shape index (κ3) is 6.76. The fourth-order valence-electron chi connectivity index (χ4n) is 3.17. The molecule has 0 heterocycles. The maximum absolute atomic E-state index is 2.20. The highest BCUT2D eigenvalue weighted by atomic mass is 14.0. The number of hydrogen-bond acceptors (Lipinski definition) is 0. The lowest BCUT2D eigenvalue weighted by molar-refractivity contribution is 1.57. The molecule has 0 N–H and O–H groups in total. The SMILES string of the molecule is CC(=Cc1ccccc1)c1ccccc1.CC(=Cc1ccccc1)c1ccccc1. The van der Waals surface area contributed by atoms with Gasteiger partial charge in [-0.1, -0.05) is 133 Å². The standard InChI is InChI=1S/2C15H14/c2*1-13(15-10-6-3-7-11-15)12-14-8-4-2-5-9-14/h2*2-12H,1H3. The lowest BCUT2D eigenvalue weighted by Gasteiger charge is -2.01. The van der Waals surface area contributed by atoms with E-state index in [4.69, 9.17) is 0 Å². The molecule has 0 nitrogen and oxygen atoms in total. The van der Waals surface area contributed by atoms with Gasteiger partial charge in [0.25, 0.3) is 0 Å². The van der Waals surface area contributed by atoms with Crippen molar-refractivity contribution in [3.05, 3.63) is 144 Å². The van der Waals surface area contributed by atoms with Gasteiger partial charge < -0.3 is 0 Å². The summed E-state index contributed by atoms with van der Waals surface area (Å²) in [6.07, 6.45) is 4.41. The topological polar surface area (TPSA) is 0 Å². The van der Waals surface area contributed by atoms with E-state index in [-0.39, 0.29) is 0 Å².